The van der Waals surface area contributed by atoms with E-state index >= 15 is 0 Å². The van der Waals surface area contributed by atoms with Crippen molar-refractivity contribution in [2.45, 2.75) is 25.0 Å². The first-order chi connectivity index (χ1) is 14.0. The minimum absolute atomic E-state index is 0.206. The Morgan fingerprint density at radius 3 is 1.97 bits per heavy atom. The smallest absolute Gasteiger partial charge is 0.406 e. The molecule has 6 nitrogen and oxygen atoms in total. The molecule has 0 radical (unpaired) electrons. The first-order valence-corrected chi connectivity index (χ1v) is 8.43. The summed E-state index contributed by atoms with van der Waals surface area (Å²) in [5, 5.41) is 9.46. The molecule has 1 unspecified atom stereocenters. The van der Waals surface area contributed by atoms with E-state index in [0.29, 0.717) is 5.69 Å². The molecule has 0 saturated heterocycles. The van der Waals surface area contributed by atoms with E-state index in [-0.39, 0.29) is 17.8 Å². The lowest BCUT2D eigenvalue weighted by Gasteiger charge is -2.25. The summed E-state index contributed by atoms with van der Waals surface area (Å²) in [5.74, 6) is -0.439. The maximum Gasteiger partial charge on any atom is 0.573 e. The van der Waals surface area contributed by atoms with E-state index in [2.05, 4.69) is 20.5 Å². The predicted octanol–water partition coefficient (Wildman–Crippen LogP) is 5.36. The van der Waals surface area contributed by atoms with Gasteiger partial charge in [0.1, 0.15) is 5.75 Å². The molecule has 0 aliphatic carbocycles. The van der Waals surface area contributed by atoms with Crippen molar-refractivity contribution in [1.29, 1.82) is 0 Å². The van der Waals surface area contributed by atoms with Crippen LogP contribution in [0.15, 0.2) is 53.6 Å². The van der Waals surface area contributed by atoms with Crippen LogP contribution < -0.4 is 20.4 Å². The van der Waals surface area contributed by atoms with Crippen LogP contribution in [-0.2, 0) is 0 Å². The molecule has 2 aromatic carbocycles. The molecule has 1 aliphatic heterocycles. The third-order valence-corrected chi connectivity index (χ3v) is 3.94. The predicted molar refractivity (Wildman–Crippen MR) is 97.6 cm³/mol. The van der Waals surface area contributed by atoms with Gasteiger partial charge in [0.15, 0.2) is 6.04 Å². The van der Waals surface area contributed by atoms with Gasteiger partial charge in [0.25, 0.3) is 0 Å². The molecule has 160 valence electrons. The van der Waals surface area contributed by atoms with Crippen LogP contribution in [0.2, 0.25) is 0 Å². The van der Waals surface area contributed by atoms with Crippen LogP contribution in [0.25, 0.3) is 0 Å². The van der Waals surface area contributed by atoms with Crippen molar-refractivity contribution < 1.29 is 35.9 Å². The third-order valence-electron chi connectivity index (χ3n) is 3.94. The van der Waals surface area contributed by atoms with E-state index in [1.54, 1.807) is 0 Å². The van der Waals surface area contributed by atoms with Gasteiger partial charge in [-0.25, -0.2) is 4.79 Å². The standard InChI is InChI=1S/C18H14F6N4O2/c19-17(20,21)15-9-10-25-28(15)13-5-1-11(2-6-13)26-16(29)27-12-3-7-14(8-4-12)30-18(22,23)24/h1-8,10,15H,9H2,(H2,26,27,29). The summed E-state index contributed by atoms with van der Waals surface area (Å²) in [6.45, 7) is 0. The Hall–Kier alpha value is -3.44. The van der Waals surface area contributed by atoms with Gasteiger partial charge in [-0.2, -0.15) is 18.3 Å². The van der Waals surface area contributed by atoms with E-state index in [0.717, 1.165) is 17.1 Å². The molecule has 0 fully saturated rings. The Bertz CT molecular complexity index is 910. The number of hydrazone groups is 1. The Morgan fingerprint density at radius 2 is 1.47 bits per heavy atom. The fraction of sp³-hybridized carbons (Fsp3) is 0.222. The van der Waals surface area contributed by atoms with Gasteiger partial charge in [-0.1, -0.05) is 0 Å². The van der Waals surface area contributed by atoms with Gasteiger partial charge in [-0.05, 0) is 48.5 Å². The molecular formula is C18H14F6N4O2. The monoisotopic (exact) mass is 432 g/mol. The largest absolute Gasteiger partial charge is 0.573 e. The highest BCUT2D eigenvalue weighted by Gasteiger charge is 2.45. The van der Waals surface area contributed by atoms with Crippen LogP contribution in [0.1, 0.15) is 6.42 Å². The van der Waals surface area contributed by atoms with Crippen molar-refractivity contribution in [3.8, 4) is 5.75 Å². The van der Waals surface area contributed by atoms with Gasteiger partial charge >= 0.3 is 18.6 Å². The maximum absolute atomic E-state index is 13.0. The number of carbonyl (C=O) groups is 1. The molecule has 0 saturated carbocycles. The highest BCUT2D eigenvalue weighted by atomic mass is 19.4. The van der Waals surface area contributed by atoms with Gasteiger partial charge < -0.3 is 15.4 Å². The van der Waals surface area contributed by atoms with E-state index in [4.69, 9.17) is 0 Å². The van der Waals surface area contributed by atoms with Gasteiger partial charge in [-0.15, -0.1) is 13.2 Å². The zero-order chi connectivity index (χ0) is 21.9. The van der Waals surface area contributed by atoms with Crippen molar-refractivity contribution in [3.63, 3.8) is 0 Å². The normalized spacial score (nSPS) is 16.5. The Labute approximate surface area is 166 Å². The number of halogens is 6. The molecular weight excluding hydrogens is 418 g/mol. The topological polar surface area (TPSA) is 66.0 Å². The molecule has 2 amide bonds. The zero-order valence-electron chi connectivity index (χ0n) is 15.0. The molecule has 2 aromatic rings. The highest BCUT2D eigenvalue weighted by Crippen LogP contribution is 2.34. The molecule has 0 spiro atoms. The van der Waals surface area contributed by atoms with Crippen LogP contribution >= 0.6 is 0 Å². The van der Waals surface area contributed by atoms with Crippen molar-refractivity contribution in [2.75, 3.05) is 15.6 Å². The van der Waals surface area contributed by atoms with Crippen LogP contribution in [0.5, 0.6) is 5.75 Å². The average molecular weight is 432 g/mol. The van der Waals surface area contributed by atoms with Crippen molar-refractivity contribution >= 4 is 29.3 Å². The van der Waals surface area contributed by atoms with Crippen LogP contribution in [0, 0.1) is 0 Å². The number of hydrogen-bond acceptors (Lipinski definition) is 4. The number of alkyl halides is 6. The number of carbonyl (C=O) groups excluding carboxylic acids is 1. The number of urea groups is 1. The van der Waals surface area contributed by atoms with Crippen molar-refractivity contribution in [1.82, 2.24) is 0 Å². The molecule has 0 bridgehead atoms. The number of ether oxygens (including phenoxy) is 1. The number of benzene rings is 2. The molecule has 1 aliphatic rings. The molecule has 1 heterocycles. The SMILES string of the molecule is O=C(Nc1ccc(OC(F)(F)F)cc1)Nc1ccc(N2N=CCC2C(F)(F)F)cc1. The molecule has 2 N–H and O–H groups in total. The van der Waals surface area contributed by atoms with Crippen LogP contribution in [-0.4, -0.2) is 30.8 Å². The second-order valence-corrected chi connectivity index (χ2v) is 6.13. The Morgan fingerprint density at radius 1 is 0.933 bits per heavy atom. The average Bonchev–Trinajstić information content (AvgIpc) is 3.13. The van der Waals surface area contributed by atoms with E-state index in [1.807, 2.05) is 0 Å². The van der Waals surface area contributed by atoms with Crippen molar-refractivity contribution in [3.05, 3.63) is 48.5 Å². The fourth-order valence-electron chi connectivity index (χ4n) is 2.67. The van der Waals surface area contributed by atoms with Crippen LogP contribution in [0.3, 0.4) is 0 Å². The molecule has 30 heavy (non-hydrogen) atoms. The highest BCUT2D eigenvalue weighted by molar-refractivity contribution is 5.99. The fourth-order valence-corrected chi connectivity index (χ4v) is 2.67. The number of nitrogens with zero attached hydrogens (tertiary/aromatic N) is 2. The van der Waals surface area contributed by atoms with E-state index in [1.165, 1.54) is 42.6 Å². The summed E-state index contributed by atoms with van der Waals surface area (Å²) in [6, 6.07) is 7.60. The molecule has 0 aromatic heterocycles. The summed E-state index contributed by atoms with van der Waals surface area (Å²) < 4.78 is 79.2. The number of nitrogens with one attached hydrogen (secondary N) is 2. The Balaban J connectivity index is 1.58. The lowest BCUT2D eigenvalue weighted by molar-refractivity contribution is -0.274. The van der Waals surface area contributed by atoms with Crippen LogP contribution in [0.4, 0.5) is 48.2 Å². The number of hydrogen-bond donors (Lipinski definition) is 2. The quantitative estimate of drug-likeness (QED) is 0.640. The molecule has 1 atom stereocenters. The van der Waals surface area contributed by atoms with E-state index in [9.17, 15) is 31.1 Å². The number of anilines is 3. The first-order valence-electron chi connectivity index (χ1n) is 8.43. The summed E-state index contributed by atoms with van der Waals surface area (Å²) in [6.07, 6.45) is -8.32. The van der Waals surface area contributed by atoms with Gasteiger partial charge in [0, 0.05) is 24.0 Å². The first kappa shape index (κ1) is 21.3. The lowest BCUT2D eigenvalue weighted by Crippen LogP contribution is -2.39. The van der Waals surface area contributed by atoms with Gasteiger partial charge in [0.2, 0.25) is 0 Å². The summed E-state index contributed by atoms with van der Waals surface area (Å²) >= 11 is 0. The number of rotatable bonds is 4. The third kappa shape index (κ3) is 5.55. The lowest BCUT2D eigenvalue weighted by atomic mass is 10.2. The number of amides is 2. The minimum Gasteiger partial charge on any atom is -0.406 e. The maximum atomic E-state index is 13.0. The van der Waals surface area contributed by atoms with Crippen molar-refractivity contribution in [2.24, 2.45) is 5.10 Å². The summed E-state index contributed by atoms with van der Waals surface area (Å²) in [7, 11) is 0. The Kier molecular flexibility index (Phi) is 5.76. The second kappa shape index (κ2) is 8.13. The van der Waals surface area contributed by atoms with Gasteiger partial charge in [0.05, 0.1) is 5.69 Å². The molecule has 12 heteroatoms. The summed E-state index contributed by atoms with van der Waals surface area (Å²) in [4.78, 5) is 12.0. The summed E-state index contributed by atoms with van der Waals surface area (Å²) in [5.41, 5.74) is 0.704. The zero-order valence-corrected chi connectivity index (χ0v) is 15.0. The van der Waals surface area contributed by atoms with Gasteiger partial charge in [-0.3, -0.25) is 5.01 Å². The second-order valence-electron chi connectivity index (χ2n) is 6.13. The van der Waals surface area contributed by atoms with E-state index < -0.39 is 30.4 Å². The minimum atomic E-state index is -4.82. The molecule has 3 rings (SSSR count).